The number of benzene rings is 2. The summed E-state index contributed by atoms with van der Waals surface area (Å²) in [6, 6.07) is 14.8. The van der Waals surface area contributed by atoms with Gasteiger partial charge in [-0.3, -0.25) is 0 Å². The molecule has 0 radical (unpaired) electrons. The molecule has 1 aromatic heterocycles. The normalized spacial score (nSPS) is 10.2. The number of anilines is 4. The maximum atomic E-state index is 12.3. The van der Waals surface area contributed by atoms with E-state index in [1.165, 1.54) is 6.20 Å². The third-order valence-corrected chi connectivity index (χ3v) is 4.22. The summed E-state index contributed by atoms with van der Waals surface area (Å²) >= 11 is 5.99. The second-order valence-electron chi connectivity index (χ2n) is 6.27. The van der Waals surface area contributed by atoms with Crippen molar-refractivity contribution >= 4 is 40.5 Å². The van der Waals surface area contributed by atoms with Crippen LogP contribution in [0.15, 0.2) is 60.9 Å². The van der Waals surface area contributed by atoms with Crippen molar-refractivity contribution in [1.29, 1.82) is 0 Å². The fourth-order valence-corrected chi connectivity index (χ4v) is 2.69. The SMILES string of the molecule is CN(C)c1ccc(NC(=O)Nc2cccc(CNc3nccnc3Cl)c2)cc1. The summed E-state index contributed by atoms with van der Waals surface area (Å²) in [6.45, 7) is 0.502. The molecule has 0 atom stereocenters. The van der Waals surface area contributed by atoms with Crippen molar-refractivity contribution in [3.05, 3.63) is 71.6 Å². The van der Waals surface area contributed by atoms with Gasteiger partial charge in [-0.2, -0.15) is 0 Å². The Morgan fingerprint density at radius 1 is 1.00 bits per heavy atom. The quantitative estimate of drug-likeness (QED) is 0.573. The largest absolute Gasteiger partial charge is 0.378 e. The lowest BCUT2D eigenvalue weighted by molar-refractivity contribution is 0.262. The van der Waals surface area contributed by atoms with Gasteiger partial charge in [0.2, 0.25) is 0 Å². The molecule has 0 bridgehead atoms. The molecule has 0 saturated heterocycles. The first kappa shape index (κ1) is 19.4. The van der Waals surface area contributed by atoms with Crippen molar-refractivity contribution in [2.45, 2.75) is 6.54 Å². The highest BCUT2D eigenvalue weighted by Gasteiger charge is 2.05. The molecular formula is C20H21ClN6O. The van der Waals surface area contributed by atoms with Gasteiger partial charge in [0.1, 0.15) is 0 Å². The fraction of sp³-hybridized carbons (Fsp3) is 0.150. The van der Waals surface area contributed by atoms with E-state index in [2.05, 4.69) is 25.9 Å². The highest BCUT2D eigenvalue weighted by atomic mass is 35.5. The van der Waals surface area contributed by atoms with Crippen LogP contribution in [0.25, 0.3) is 0 Å². The van der Waals surface area contributed by atoms with E-state index < -0.39 is 0 Å². The Labute approximate surface area is 168 Å². The van der Waals surface area contributed by atoms with Crippen molar-refractivity contribution in [3.63, 3.8) is 0 Å². The number of carbonyl (C=O) groups is 1. The molecule has 0 saturated carbocycles. The van der Waals surface area contributed by atoms with Gasteiger partial charge in [0, 0.05) is 50.1 Å². The first-order chi connectivity index (χ1) is 13.5. The lowest BCUT2D eigenvalue weighted by Crippen LogP contribution is -2.19. The smallest absolute Gasteiger partial charge is 0.323 e. The van der Waals surface area contributed by atoms with Crippen LogP contribution in [0.5, 0.6) is 0 Å². The van der Waals surface area contributed by atoms with Crippen LogP contribution in [-0.4, -0.2) is 30.1 Å². The Hall–Kier alpha value is -3.32. The zero-order valence-electron chi connectivity index (χ0n) is 15.6. The number of urea groups is 1. The van der Waals surface area contributed by atoms with Crippen molar-refractivity contribution in [2.24, 2.45) is 0 Å². The Morgan fingerprint density at radius 3 is 2.43 bits per heavy atom. The van der Waals surface area contributed by atoms with Crippen LogP contribution in [0.3, 0.4) is 0 Å². The van der Waals surface area contributed by atoms with Crippen LogP contribution < -0.4 is 20.9 Å². The maximum Gasteiger partial charge on any atom is 0.323 e. The van der Waals surface area contributed by atoms with Crippen LogP contribution in [0.4, 0.5) is 27.7 Å². The highest BCUT2D eigenvalue weighted by Crippen LogP contribution is 2.18. The number of nitrogens with zero attached hydrogens (tertiary/aromatic N) is 3. The molecule has 3 aromatic rings. The number of rotatable bonds is 6. The summed E-state index contributed by atoms with van der Waals surface area (Å²) in [5, 5.41) is 9.10. The molecule has 3 N–H and O–H groups in total. The van der Waals surface area contributed by atoms with E-state index in [4.69, 9.17) is 11.6 Å². The number of amides is 2. The van der Waals surface area contributed by atoms with Gasteiger partial charge in [-0.05, 0) is 42.0 Å². The molecule has 0 unspecified atom stereocenters. The van der Waals surface area contributed by atoms with Crippen LogP contribution in [0, 0.1) is 0 Å². The molecule has 0 aliphatic carbocycles. The minimum Gasteiger partial charge on any atom is -0.378 e. The molecule has 2 amide bonds. The van der Waals surface area contributed by atoms with E-state index in [1.807, 2.05) is 67.5 Å². The summed E-state index contributed by atoms with van der Waals surface area (Å²) < 4.78 is 0. The van der Waals surface area contributed by atoms with E-state index in [9.17, 15) is 4.79 Å². The molecule has 144 valence electrons. The van der Waals surface area contributed by atoms with Gasteiger partial charge in [-0.1, -0.05) is 23.7 Å². The molecule has 1 heterocycles. The van der Waals surface area contributed by atoms with Crippen molar-refractivity contribution in [3.8, 4) is 0 Å². The molecule has 7 nitrogen and oxygen atoms in total. The molecule has 2 aromatic carbocycles. The topological polar surface area (TPSA) is 82.2 Å². The van der Waals surface area contributed by atoms with Gasteiger partial charge in [0.15, 0.2) is 11.0 Å². The average Bonchev–Trinajstić information content (AvgIpc) is 2.68. The van der Waals surface area contributed by atoms with Gasteiger partial charge in [-0.15, -0.1) is 0 Å². The van der Waals surface area contributed by atoms with Gasteiger partial charge >= 0.3 is 6.03 Å². The van der Waals surface area contributed by atoms with Crippen molar-refractivity contribution in [2.75, 3.05) is 34.9 Å². The van der Waals surface area contributed by atoms with Crippen molar-refractivity contribution < 1.29 is 4.79 Å². The molecule has 0 aliphatic heterocycles. The summed E-state index contributed by atoms with van der Waals surface area (Å²) in [5.41, 5.74) is 3.44. The van der Waals surface area contributed by atoms with Crippen LogP contribution in [0.2, 0.25) is 5.15 Å². The first-order valence-electron chi connectivity index (χ1n) is 8.66. The van der Waals surface area contributed by atoms with E-state index in [-0.39, 0.29) is 6.03 Å². The van der Waals surface area contributed by atoms with E-state index >= 15 is 0 Å². The Kier molecular flexibility index (Phi) is 6.29. The average molecular weight is 397 g/mol. The molecule has 3 rings (SSSR count). The molecule has 8 heteroatoms. The minimum atomic E-state index is -0.306. The van der Waals surface area contributed by atoms with Crippen LogP contribution in [0.1, 0.15) is 5.56 Å². The summed E-state index contributed by atoms with van der Waals surface area (Å²) in [6.07, 6.45) is 3.10. The zero-order chi connectivity index (χ0) is 19.9. The molecular weight excluding hydrogens is 376 g/mol. The summed E-state index contributed by atoms with van der Waals surface area (Å²) in [4.78, 5) is 22.4. The minimum absolute atomic E-state index is 0.306. The standard InChI is InChI=1S/C20H21ClN6O/c1-27(2)17-8-6-15(7-9-17)25-20(28)26-16-5-3-4-14(12-16)13-24-19-18(21)22-10-11-23-19/h3-12H,13H2,1-2H3,(H,23,24)(H2,25,26,28). The predicted octanol–water partition coefficient (Wildman–Crippen LogP) is 4.45. The van der Waals surface area contributed by atoms with Crippen molar-refractivity contribution in [1.82, 2.24) is 9.97 Å². The zero-order valence-corrected chi connectivity index (χ0v) is 16.4. The van der Waals surface area contributed by atoms with E-state index in [0.29, 0.717) is 23.2 Å². The Morgan fingerprint density at radius 2 is 1.71 bits per heavy atom. The van der Waals surface area contributed by atoms with Gasteiger partial charge in [0.05, 0.1) is 0 Å². The number of hydrogen-bond acceptors (Lipinski definition) is 5. The van der Waals surface area contributed by atoms with Gasteiger partial charge < -0.3 is 20.9 Å². The third-order valence-electron chi connectivity index (χ3n) is 3.94. The highest BCUT2D eigenvalue weighted by molar-refractivity contribution is 6.31. The van der Waals surface area contributed by atoms with E-state index in [1.54, 1.807) is 6.20 Å². The Bertz CT molecular complexity index is 945. The lowest BCUT2D eigenvalue weighted by Gasteiger charge is -2.13. The summed E-state index contributed by atoms with van der Waals surface area (Å²) in [5.74, 6) is 0.515. The molecule has 0 fully saturated rings. The maximum absolute atomic E-state index is 12.3. The van der Waals surface area contributed by atoms with E-state index in [0.717, 1.165) is 16.9 Å². The predicted molar refractivity (Wildman–Crippen MR) is 114 cm³/mol. The fourth-order valence-electron chi connectivity index (χ4n) is 2.52. The number of hydrogen-bond donors (Lipinski definition) is 3. The Balaban J connectivity index is 1.57. The molecule has 0 spiro atoms. The molecule has 28 heavy (non-hydrogen) atoms. The third kappa shape index (κ3) is 5.34. The number of carbonyl (C=O) groups excluding carboxylic acids is 1. The lowest BCUT2D eigenvalue weighted by atomic mass is 10.2. The number of halogens is 1. The van der Waals surface area contributed by atoms with Crippen LogP contribution >= 0.6 is 11.6 Å². The monoisotopic (exact) mass is 396 g/mol. The summed E-state index contributed by atoms with van der Waals surface area (Å²) in [7, 11) is 3.94. The van der Waals surface area contributed by atoms with Crippen LogP contribution in [-0.2, 0) is 6.54 Å². The van der Waals surface area contributed by atoms with Gasteiger partial charge in [0.25, 0.3) is 0 Å². The first-order valence-corrected chi connectivity index (χ1v) is 9.04. The van der Waals surface area contributed by atoms with Gasteiger partial charge in [-0.25, -0.2) is 14.8 Å². The molecule has 0 aliphatic rings. The second kappa shape index (κ2) is 9.05. The number of nitrogens with one attached hydrogen (secondary N) is 3. The number of aromatic nitrogens is 2. The second-order valence-corrected chi connectivity index (χ2v) is 6.63.